The Bertz CT molecular complexity index is 209. The molecule has 1 spiro atoms. The number of likely N-dealkylation sites (tertiary alicyclic amines) is 2. The summed E-state index contributed by atoms with van der Waals surface area (Å²) in [5.41, 5.74) is 0.367. The number of likely N-dealkylation sites (N-methyl/N-ethyl adjacent to an activating group) is 1. The van der Waals surface area contributed by atoms with Crippen molar-refractivity contribution in [1.82, 2.24) is 9.80 Å². The van der Waals surface area contributed by atoms with Crippen LogP contribution in [0.1, 0.15) is 19.8 Å². The molecule has 0 aliphatic carbocycles. The van der Waals surface area contributed by atoms with Crippen LogP contribution in [0.3, 0.4) is 0 Å². The van der Waals surface area contributed by atoms with Crippen molar-refractivity contribution in [3.8, 4) is 0 Å². The predicted molar refractivity (Wildman–Crippen MR) is 46.8 cm³/mol. The lowest BCUT2D eigenvalue weighted by atomic mass is 9.87. The quantitative estimate of drug-likeness (QED) is 0.520. The highest BCUT2D eigenvalue weighted by Crippen LogP contribution is 2.36. The first-order valence-electron chi connectivity index (χ1n) is 4.61. The van der Waals surface area contributed by atoms with Gasteiger partial charge in [-0.25, -0.2) is 0 Å². The van der Waals surface area contributed by atoms with Gasteiger partial charge in [-0.05, 0) is 26.4 Å². The SMILES string of the molecule is CC(=O)N1CC2(CCCN2C)C1. The average molecular weight is 168 g/mol. The molecule has 1 amide bonds. The number of hydrogen-bond donors (Lipinski definition) is 0. The van der Waals surface area contributed by atoms with Crippen LogP contribution in [0.15, 0.2) is 0 Å². The van der Waals surface area contributed by atoms with Crippen LogP contribution in [-0.4, -0.2) is 47.9 Å². The van der Waals surface area contributed by atoms with E-state index in [1.807, 2.05) is 4.90 Å². The van der Waals surface area contributed by atoms with Crippen molar-refractivity contribution in [2.75, 3.05) is 26.7 Å². The van der Waals surface area contributed by atoms with E-state index in [9.17, 15) is 4.79 Å². The predicted octanol–water partition coefficient (Wildman–Crippen LogP) is 0.313. The molecule has 0 radical (unpaired) electrons. The Hall–Kier alpha value is -0.570. The monoisotopic (exact) mass is 168 g/mol. The van der Waals surface area contributed by atoms with E-state index in [1.54, 1.807) is 6.92 Å². The van der Waals surface area contributed by atoms with Gasteiger partial charge in [0, 0.05) is 20.0 Å². The molecule has 12 heavy (non-hydrogen) atoms. The fourth-order valence-electron chi connectivity index (χ4n) is 2.36. The smallest absolute Gasteiger partial charge is 0.219 e. The van der Waals surface area contributed by atoms with Crippen molar-refractivity contribution < 1.29 is 4.79 Å². The van der Waals surface area contributed by atoms with E-state index in [0.29, 0.717) is 5.54 Å². The van der Waals surface area contributed by atoms with Crippen LogP contribution < -0.4 is 0 Å². The lowest BCUT2D eigenvalue weighted by Crippen LogP contribution is -2.67. The van der Waals surface area contributed by atoms with Crippen molar-refractivity contribution in [1.29, 1.82) is 0 Å². The Morgan fingerprint density at radius 3 is 2.50 bits per heavy atom. The molecule has 2 saturated heterocycles. The zero-order chi connectivity index (χ0) is 8.77. The molecule has 0 aromatic rings. The lowest BCUT2D eigenvalue weighted by molar-refractivity contribution is -0.140. The largest absolute Gasteiger partial charge is 0.339 e. The summed E-state index contributed by atoms with van der Waals surface area (Å²) in [6, 6.07) is 0. The Kier molecular flexibility index (Phi) is 1.65. The van der Waals surface area contributed by atoms with Gasteiger partial charge in [-0.15, -0.1) is 0 Å². The van der Waals surface area contributed by atoms with Crippen LogP contribution in [0, 0.1) is 0 Å². The normalized spacial score (nSPS) is 27.7. The van der Waals surface area contributed by atoms with Crippen molar-refractivity contribution >= 4 is 5.91 Å². The van der Waals surface area contributed by atoms with Crippen LogP contribution in [0.25, 0.3) is 0 Å². The van der Waals surface area contributed by atoms with Gasteiger partial charge in [-0.2, -0.15) is 0 Å². The third-order valence-corrected chi connectivity index (χ3v) is 3.36. The maximum atomic E-state index is 11.0. The number of nitrogens with zero attached hydrogens (tertiary/aromatic N) is 2. The summed E-state index contributed by atoms with van der Waals surface area (Å²) in [5, 5.41) is 0. The molecule has 0 atom stereocenters. The molecule has 0 aromatic heterocycles. The zero-order valence-electron chi connectivity index (χ0n) is 7.84. The molecule has 3 nitrogen and oxygen atoms in total. The third kappa shape index (κ3) is 0.959. The molecular weight excluding hydrogens is 152 g/mol. The minimum atomic E-state index is 0.223. The zero-order valence-corrected chi connectivity index (χ0v) is 7.84. The number of hydrogen-bond acceptors (Lipinski definition) is 2. The summed E-state index contributed by atoms with van der Waals surface area (Å²) in [6.07, 6.45) is 2.57. The molecule has 2 heterocycles. The lowest BCUT2D eigenvalue weighted by Gasteiger charge is -2.51. The first kappa shape index (κ1) is 8.05. The van der Waals surface area contributed by atoms with Crippen molar-refractivity contribution in [2.45, 2.75) is 25.3 Å². The topological polar surface area (TPSA) is 23.6 Å². The van der Waals surface area contributed by atoms with E-state index < -0.39 is 0 Å². The van der Waals surface area contributed by atoms with Crippen LogP contribution in [-0.2, 0) is 4.79 Å². The third-order valence-electron chi connectivity index (χ3n) is 3.36. The molecule has 2 aliphatic heterocycles. The summed E-state index contributed by atoms with van der Waals surface area (Å²) in [4.78, 5) is 15.3. The Balaban J connectivity index is 1.97. The Labute approximate surface area is 73.3 Å². The van der Waals surface area contributed by atoms with E-state index >= 15 is 0 Å². The van der Waals surface area contributed by atoms with E-state index in [1.165, 1.54) is 19.4 Å². The van der Waals surface area contributed by atoms with Gasteiger partial charge in [0.1, 0.15) is 0 Å². The summed E-state index contributed by atoms with van der Waals surface area (Å²) in [7, 11) is 2.17. The first-order valence-corrected chi connectivity index (χ1v) is 4.61. The van der Waals surface area contributed by atoms with Crippen LogP contribution >= 0.6 is 0 Å². The van der Waals surface area contributed by atoms with E-state index in [-0.39, 0.29) is 5.91 Å². The molecular formula is C9H16N2O. The maximum absolute atomic E-state index is 11.0. The molecule has 68 valence electrons. The molecule has 0 unspecified atom stereocenters. The van der Waals surface area contributed by atoms with Gasteiger partial charge in [0.2, 0.25) is 5.91 Å². The van der Waals surface area contributed by atoms with Gasteiger partial charge < -0.3 is 4.90 Å². The standard InChI is InChI=1S/C9H16N2O/c1-8(12)11-6-9(7-11)4-3-5-10(9)2/h3-7H2,1-2H3. The molecule has 0 bridgehead atoms. The van der Waals surface area contributed by atoms with Crippen LogP contribution in [0.2, 0.25) is 0 Å². The molecule has 0 aromatic carbocycles. The van der Waals surface area contributed by atoms with Crippen LogP contribution in [0.5, 0.6) is 0 Å². The molecule has 2 fully saturated rings. The highest BCUT2D eigenvalue weighted by atomic mass is 16.2. The van der Waals surface area contributed by atoms with Gasteiger partial charge in [-0.3, -0.25) is 9.69 Å². The number of carbonyl (C=O) groups is 1. The fraction of sp³-hybridized carbons (Fsp3) is 0.889. The summed E-state index contributed by atoms with van der Waals surface area (Å²) >= 11 is 0. The molecule has 0 saturated carbocycles. The second-order valence-electron chi connectivity index (χ2n) is 4.12. The minimum absolute atomic E-state index is 0.223. The van der Waals surface area contributed by atoms with Crippen molar-refractivity contribution in [2.24, 2.45) is 0 Å². The highest BCUT2D eigenvalue weighted by molar-refractivity contribution is 5.74. The summed E-state index contributed by atoms with van der Waals surface area (Å²) in [6.45, 7) is 4.77. The van der Waals surface area contributed by atoms with Crippen molar-refractivity contribution in [3.05, 3.63) is 0 Å². The second-order valence-corrected chi connectivity index (χ2v) is 4.12. The fourth-order valence-corrected chi connectivity index (χ4v) is 2.36. The summed E-state index contributed by atoms with van der Waals surface area (Å²) in [5.74, 6) is 0.223. The van der Waals surface area contributed by atoms with Gasteiger partial charge in [0.05, 0.1) is 5.54 Å². The first-order chi connectivity index (χ1) is 5.64. The molecule has 3 heteroatoms. The van der Waals surface area contributed by atoms with Gasteiger partial charge in [0.25, 0.3) is 0 Å². The van der Waals surface area contributed by atoms with Gasteiger partial charge in [0.15, 0.2) is 0 Å². The molecule has 2 rings (SSSR count). The van der Waals surface area contributed by atoms with E-state index in [2.05, 4.69) is 11.9 Å². The number of amides is 1. The Morgan fingerprint density at radius 2 is 2.08 bits per heavy atom. The summed E-state index contributed by atoms with van der Waals surface area (Å²) < 4.78 is 0. The molecule has 2 aliphatic rings. The van der Waals surface area contributed by atoms with E-state index in [0.717, 1.165) is 13.1 Å². The van der Waals surface area contributed by atoms with Gasteiger partial charge >= 0.3 is 0 Å². The van der Waals surface area contributed by atoms with E-state index in [4.69, 9.17) is 0 Å². The second kappa shape index (κ2) is 2.46. The molecule has 0 N–H and O–H groups in total. The average Bonchev–Trinajstić information content (AvgIpc) is 2.26. The number of rotatable bonds is 0. The Morgan fingerprint density at radius 1 is 1.42 bits per heavy atom. The van der Waals surface area contributed by atoms with Crippen LogP contribution in [0.4, 0.5) is 0 Å². The number of carbonyl (C=O) groups excluding carboxylic acids is 1. The maximum Gasteiger partial charge on any atom is 0.219 e. The van der Waals surface area contributed by atoms with Crippen molar-refractivity contribution in [3.63, 3.8) is 0 Å². The highest BCUT2D eigenvalue weighted by Gasteiger charge is 2.49. The minimum Gasteiger partial charge on any atom is -0.339 e. The van der Waals surface area contributed by atoms with Gasteiger partial charge in [-0.1, -0.05) is 0 Å².